The third kappa shape index (κ3) is 3.02. The van der Waals surface area contributed by atoms with Crippen molar-refractivity contribution in [3.8, 4) is 5.75 Å². The third-order valence-electron chi connectivity index (χ3n) is 2.40. The normalized spacial score (nSPS) is 10.4. The van der Waals surface area contributed by atoms with Crippen molar-refractivity contribution in [3.63, 3.8) is 0 Å². The number of anilines is 1. The van der Waals surface area contributed by atoms with Crippen molar-refractivity contribution in [1.29, 1.82) is 0 Å². The number of benzene rings is 2. The lowest BCUT2D eigenvalue weighted by Gasteiger charge is -2.11. The molecular formula is C13H10Cl3NO. The number of hydrogen-bond donors (Lipinski definition) is 1. The van der Waals surface area contributed by atoms with Gasteiger partial charge in [-0.05, 0) is 30.3 Å². The third-order valence-corrected chi connectivity index (χ3v) is 3.23. The first kappa shape index (κ1) is 13.3. The Bertz CT molecular complexity index is 552. The molecule has 2 rings (SSSR count). The topological polar surface area (TPSA) is 35.2 Å². The van der Waals surface area contributed by atoms with Gasteiger partial charge in [0.15, 0.2) is 5.75 Å². The van der Waals surface area contributed by atoms with Gasteiger partial charge in [-0.3, -0.25) is 0 Å². The monoisotopic (exact) mass is 301 g/mol. The molecule has 0 aliphatic heterocycles. The summed E-state index contributed by atoms with van der Waals surface area (Å²) in [6, 6.07) is 10.4. The molecule has 0 aromatic heterocycles. The summed E-state index contributed by atoms with van der Waals surface area (Å²) >= 11 is 17.9. The lowest BCUT2D eigenvalue weighted by Crippen LogP contribution is -2.00. The Labute approximate surface area is 120 Å². The molecule has 0 radical (unpaired) electrons. The second-order valence-electron chi connectivity index (χ2n) is 3.68. The molecule has 0 saturated carbocycles. The smallest absolute Gasteiger partial charge is 0.156 e. The van der Waals surface area contributed by atoms with Crippen LogP contribution in [0.15, 0.2) is 36.4 Å². The summed E-state index contributed by atoms with van der Waals surface area (Å²) in [6.45, 7) is 0.260. The van der Waals surface area contributed by atoms with E-state index < -0.39 is 0 Å². The molecule has 94 valence electrons. The SMILES string of the molecule is Nc1ccc(Cl)cc1COc1c(Cl)cccc1Cl. The van der Waals surface area contributed by atoms with Gasteiger partial charge in [0, 0.05) is 16.3 Å². The van der Waals surface area contributed by atoms with Crippen LogP contribution >= 0.6 is 34.8 Å². The molecule has 0 heterocycles. The van der Waals surface area contributed by atoms with Crippen LogP contribution in [0.25, 0.3) is 0 Å². The molecule has 0 spiro atoms. The van der Waals surface area contributed by atoms with Gasteiger partial charge in [0.05, 0.1) is 10.0 Å². The summed E-state index contributed by atoms with van der Waals surface area (Å²) in [6.07, 6.45) is 0. The minimum atomic E-state index is 0.260. The second-order valence-corrected chi connectivity index (χ2v) is 4.93. The molecule has 0 fully saturated rings. The molecule has 5 heteroatoms. The van der Waals surface area contributed by atoms with Crippen LogP contribution in [-0.2, 0) is 6.61 Å². The van der Waals surface area contributed by atoms with E-state index in [1.807, 2.05) is 0 Å². The summed E-state index contributed by atoms with van der Waals surface area (Å²) in [5.41, 5.74) is 7.23. The second kappa shape index (κ2) is 5.70. The van der Waals surface area contributed by atoms with E-state index in [2.05, 4.69) is 0 Å². The highest BCUT2D eigenvalue weighted by molar-refractivity contribution is 6.37. The molecule has 2 N–H and O–H groups in total. The van der Waals surface area contributed by atoms with Gasteiger partial charge in [-0.2, -0.15) is 0 Å². The van der Waals surface area contributed by atoms with Crippen molar-refractivity contribution in [2.75, 3.05) is 5.73 Å². The van der Waals surface area contributed by atoms with Crippen molar-refractivity contribution >= 4 is 40.5 Å². The van der Waals surface area contributed by atoms with E-state index in [0.717, 1.165) is 5.56 Å². The lowest BCUT2D eigenvalue weighted by molar-refractivity contribution is 0.307. The molecule has 2 aromatic rings. The van der Waals surface area contributed by atoms with Crippen molar-refractivity contribution < 1.29 is 4.74 Å². The Kier molecular flexibility index (Phi) is 4.23. The van der Waals surface area contributed by atoms with Gasteiger partial charge in [0.2, 0.25) is 0 Å². The zero-order valence-corrected chi connectivity index (χ0v) is 11.6. The van der Waals surface area contributed by atoms with Crippen LogP contribution in [0.5, 0.6) is 5.75 Å². The van der Waals surface area contributed by atoms with Crippen LogP contribution in [0.3, 0.4) is 0 Å². The van der Waals surface area contributed by atoms with E-state index in [4.69, 9.17) is 45.3 Å². The molecule has 0 amide bonds. The number of nitrogen functional groups attached to an aromatic ring is 1. The fraction of sp³-hybridized carbons (Fsp3) is 0.0769. The largest absolute Gasteiger partial charge is 0.486 e. The Balaban J connectivity index is 2.19. The van der Waals surface area contributed by atoms with Crippen LogP contribution < -0.4 is 10.5 Å². The minimum absolute atomic E-state index is 0.260. The van der Waals surface area contributed by atoms with E-state index in [0.29, 0.717) is 26.5 Å². The Morgan fingerprint density at radius 2 is 1.67 bits per heavy atom. The lowest BCUT2D eigenvalue weighted by atomic mass is 10.2. The first-order valence-corrected chi connectivity index (χ1v) is 6.32. The maximum atomic E-state index is 6.00. The molecule has 0 saturated heterocycles. The molecule has 18 heavy (non-hydrogen) atoms. The van der Waals surface area contributed by atoms with Crippen molar-refractivity contribution in [2.45, 2.75) is 6.61 Å². The Morgan fingerprint density at radius 3 is 2.33 bits per heavy atom. The van der Waals surface area contributed by atoms with E-state index in [9.17, 15) is 0 Å². The number of para-hydroxylation sites is 1. The molecule has 0 aliphatic rings. The average molecular weight is 303 g/mol. The first-order valence-electron chi connectivity index (χ1n) is 5.18. The van der Waals surface area contributed by atoms with Crippen LogP contribution in [-0.4, -0.2) is 0 Å². The number of ether oxygens (including phenoxy) is 1. The predicted molar refractivity (Wildman–Crippen MR) is 76.7 cm³/mol. The summed E-state index contributed by atoms with van der Waals surface area (Å²) in [7, 11) is 0. The molecule has 0 atom stereocenters. The molecule has 0 unspecified atom stereocenters. The maximum Gasteiger partial charge on any atom is 0.156 e. The van der Waals surface area contributed by atoms with Crippen molar-refractivity contribution in [1.82, 2.24) is 0 Å². The van der Waals surface area contributed by atoms with Crippen molar-refractivity contribution in [3.05, 3.63) is 57.0 Å². The van der Waals surface area contributed by atoms with Gasteiger partial charge in [-0.15, -0.1) is 0 Å². The standard InChI is InChI=1S/C13H10Cl3NO/c14-9-4-5-12(17)8(6-9)7-18-13-10(15)2-1-3-11(13)16/h1-6H,7,17H2. The zero-order valence-electron chi connectivity index (χ0n) is 9.29. The highest BCUT2D eigenvalue weighted by Gasteiger charge is 2.08. The summed E-state index contributed by atoms with van der Waals surface area (Å²) in [4.78, 5) is 0. The van der Waals surface area contributed by atoms with E-state index >= 15 is 0 Å². The van der Waals surface area contributed by atoms with Crippen LogP contribution in [0.1, 0.15) is 5.56 Å². The molecule has 2 aromatic carbocycles. The van der Waals surface area contributed by atoms with Gasteiger partial charge in [-0.1, -0.05) is 40.9 Å². The number of nitrogens with two attached hydrogens (primary N) is 1. The van der Waals surface area contributed by atoms with Gasteiger partial charge in [0.25, 0.3) is 0 Å². The Morgan fingerprint density at radius 1 is 1.00 bits per heavy atom. The summed E-state index contributed by atoms with van der Waals surface area (Å²) in [5, 5.41) is 1.53. The minimum Gasteiger partial charge on any atom is -0.486 e. The molecule has 0 bridgehead atoms. The molecule has 0 aliphatic carbocycles. The molecule has 2 nitrogen and oxygen atoms in total. The maximum absolute atomic E-state index is 6.00. The summed E-state index contributed by atoms with van der Waals surface area (Å²) in [5.74, 6) is 0.445. The number of rotatable bonds is 3. The van der Waals surface area contributed by atoms with E-state index in [1.54, 1.807) is 36.4 Å². The quantitative estimate of drug-likeness (QED) is 0.826. The fourth-order valence-electron chi connectivity index (χ4n) is 1.47. The van der Waals surface area contributed by atoms with Crippen molar-refractivity contribution in [2.24, 2.45) is 0 Å². The highest BCUT2D eigenvalue weighted by Crippen LogP contribution is 2.33. The van der Waals surface area contributed by atoms with Gasteiger partial charge >= 0.3 is 0 Å². The number of halogens is 3. The predicted octanol–water partition coefficient (Wildman–Crippen LogP) is 4.81. The van der Waals surface area contributed by atoms with Gasteiger partial charge in [0.1, 0.15) is 6.61 Å². The van der Waals surface area contributed by atoms with E-state index in [1.165, 1.54) is 0 Å². The van der Waals surface area contributed by atoms with Crippen LogP contribution in [0, 0.1) is 0 Å². The highest BCUT2D eigenvalue weighted by atomic mass is 35.5. The first-order chi connectivity index (χ1) is 8.58. The van der Waals surface area contributed by atoms with Gasteiger partial charge < -0.3 is 10.5 Å². The van der Waals surface area contributed by atoms with Crippen LogP contribution in [0.2, 0.25) is 15.1 Å². The Hall–Kier alpha value is -1.09. The fourth-order valence-corrected chi connectivity index (χ4v) is 2.17. The molecular weight excluding hydrogens is 293 g/mol. The number of hydrogen-bond acceptors (Lipinski definition) is 2. The zero-order chi connectivity index (χ0) is 13.1. The van der Waals surface area contributed by atoms with Crippen LogP contribution in [0.4, 0.5) is 5.69 Å². The van der Waals surface area contributed by atoms with Gasteiger partial charge in [-0.25, -0.2) is 0 Å². The summed E-state index contributed by atoms with van der Waals surface area (Å²) < 4.78 is 5.59. The van der Waals surface area contributed by atoms with E-state index in [-0.39, 0.29) is 6.61 Å². The average Bonchev–Trinajstić information content (AvgIpc) is 2.33.